The first-order chi connectivity index (χ1) is 10.9. The average molecular weight is 338 g/mol. The molecule has 0 spiro atoms. The van der Waals surface area contributed by atoms with E-state index in [0.717, 1.165) is 44.6 Å². The van der Waals surface area contributed by atoms with E-state index in [4.69, 9.17) is 0 Å². The van der Waals surface area contributed by atoms with Gasteiger partial charge in [0.2, 0.25) is 10.0 Å². The molecule has 3 rings (SSSR count). The SMILES string of the molecule is CN1CCN([C@@H]2CCN(S(C)(=O)=O)[C@H]2Cc2ccncc2)CC1. The second-order valence-electron chi connectivity index (χ2n) is 6.70. The molecule has 0 amide bonds. The van der Waals surface area contributed by atoms with Gasteiger partial charge in [0.25, 0.3) is 0 Å². The minimum absolute atomic E-state index is 0.0239. The lowest BCUT2D eigenvalue weighted by atomic mass is 9.99. The van der Waals surface area contributed by atoms with Crippen LogP contribution in [0.5, 0.6) is 0 Å². The highest BCUT2D eigenvalue weighted by Gasteiger charge is 2.42. The van der Waals surface area contributed by atoms with Gasteiger partial charge in [0.1, 0.15) is 0 Å². The molecule has 0 radical (unpaired) electrons. The van der Waals surface area contributed by atoms with Crippen LogP contribution in [0.1, 0.15) is 12.0 Å². The third-order valence-corrected chi connectivity index (χ3v) is 6.39. The number of sulfonamides is 1. The first-order valence-electron chi connectivity index (χ1n) is 8.23. The predicted molar refractivity (Wildman–Crippen MR) is 90.8 cm³/mol. The second-order valence-corrected chi connectivity index (χ2v) is 8.63. The largest absolute Gasteiger partial charge is 0.304 e. The van der Waals surface area contributed by atoms with Crippen LogP contribution in [-0.4, -0.2) is 85.6 Å². The van der Waals surface area contributed by atoms with E-state index < -0.39 is 10.0 Å². The smallest absolute Gasteiger partial charge is 0.211 e. The lowest BCUT2D eigenvalue weighted by molar-refractivity contribution is 0.0975. The minimum Gasteiger partial charge on any atom is -0.304 e. The molecule has 0 aromatic carbocycles. The number of piperazine rings is 1. The van der Waals surface area contributed by atoms with Gasteiger partial charge in [-0.05, 0) is 37.6 Å². The van der Waals surface area contributed by atoms with E-state index in [0.29, 0.717) is 12.6 Å². The molecule has 2 aliphatic heterocycles. The topological polar surface area (TPSA) is 56.8 Å². The molecule has 1 aromatic rings. The molecule has 2 atom stereocenters. The molecular weight excluding hydrogens is 312 g/mol. The zero-order chi connectivity index (χ0) is 16.4. The Morgan fingerprint density at radius 2 is 1.78 bits per heavy atom. The van der Waals surface area contributed by atoms with Crippen LogP contribution in [0.25, 0.3) is 0 Å². The fourth-order valence-corrected chi connectivity index (χ4v) is 4.94. The summed E-state index contributed by atoms with van der Waals surface area (Å²) in [6.45, 7) is 4.78. The summed E-state index contributed by atoms with van der Waals surface area (Å²) in [4.78, 5) is 8.87. The van der Waals surface area contributed by atoms with E-state index in [1.807, 2.05) is 12.1 Å². The second kappa shape index (κ2) is 6.84. The Balaban J connectivity index is 1.80. The summed E-state index contributed by atoms with van der Waals surface area (Å²) in [6, 6.07) is 4.31. The molecule has 2 saturated heterocycles. The molecule has 0 saturated carbocycles. The van der Waals surface area contributed by atoms with Crippen LogP contribution in [0.3, 0.4) is 0 Å². The zero-order valence-electron chi connectivity index (χ0n) is 13.9. The van der Waals surface area contributed by atoms with Gasteiger partial charge in [0, 0.05) is 57.2 Å². The molecular formula is C16H26N4O2S. The van der Waals surface area contributed by atoms with Crippen LogP contribution >= 0.6 is 0 Å². The van der Waals surface area contributed by atoms with Crippen LogP contribution in [0.15, 0.2) is 24.5 Å². The van der Waals surface area contributed by atoms with Gasteiger partial charge in [0.15, 0.2) is 0 Å². The number of aromatic nitrogens is 1. The molecule has 1 aromatic heterocycles. The molecule has 3 heterocycles. The summed E-state index contributed by atoms with van der Waals surface area (Å²) >= 11 is 0. The van der Waals surface area contributed by atoms with Gasteiger partial charge >= 0.3 is 0 Å². The Labute approximate surface area is 139 Å². The molecule has 2 aliphatic rings. The van der Waals surface area contributed by atoms with Crippen molar-refractivity contribution in [1.82, 2.24) is 19.1 Å². The van der Waals surface area contributed by atoms with E-state index in [1.165, 1.54) is 6.26 Å². The maximum absolute atomic E-state index is 12.2. The Hall–Kier alpha value is -1.02. The van der Waals surface area contributed by atoms with E-state index in [2.05, 4.69) is 21.8 Å². The van der Waals surface area contributed by atoms with E-state index in [1.54, 1.807) is 16.7 Å². The Morgan fingerprint density at radius 1 is 1.13 bits per heavy atom. The summed E-state index contributed by atoms with van der Waals surface area (Å²) in [5, 5.41) is 0. The van der Waals surface area contributed by atoms with Crippen molar-refractivity contribution >= 4 is 10.0 Å². The molecule has 6 nitrogen and oxygen atoms in total. The highest BCUT2D eigenvalue weighted by atomic mass is 32.2. The quantitative estimate of drug-likeness (QED) is 0.789. The van der Waals surface area contributed by atoms with Crippen molar-refractivity contribution in [2.24, 2.45) is 0 Å². The molecule has 0 unspecified atom stereocenters. The van der Waals surface area contributed by atoms with Gasteiger partial charge in [-0.25, -0.2) is 8.42 Å². The van der Waals surface area contributed by atoms with Gasteiger partial charge in [-0.1, -0.05) is 0 Å². The highest BCUT2D eigenvalue weighted by molar-refractivity contribution is 7.88. The molecule has 0 bridgehead atoms. The van der Waals surface area contributed by atoms with Crippen LogP contribution < -0.4 is 0 Å². The third kappa shape index (κ3) is 3.91. The van der Waals surface area contributed by atoms with Gasteiger partial charge in [0.05, 0.1) is 6.26 Å². The van der Waals surface area contributed by atoms with Gasteiger partial charge in [-0.2, -0.15) is 4.31 Å². The predicted octanol–water partition coefficient (Wildman–Crippen LogP) is 0.274. The van der Waals surface area contributed by atoms with Crippen molar-refractivity contribution in [1.29, 1.82) is 0 Å². The molecule has 128 valence electrons. The van der Waals surface area contributed by atoms with Crippen LogP contribution in [0.2, 0.25) is 0 Å². The van der Waals surface area contributed by atoms with Gasteiger partial charge in [-0.3, -0.25) is 9.88 Å². The molecule has 0 aliphatic carbocycles. The number of likely N-dealkylation sites (N-methyl/N-ethyl adjacent to an activating group) is 1. The van der Waals surface area contributed by atoms with Crippen LogP contribution in [0, 0.1) is 0 Å². The van der Waals surface area contributed by atoms with Crippen molar-refractivity contribution in [3.8, 4) is 0 Å². The van der Waals surface area contributed by atoms with Crippen molar-refractivity contribution in [3.63, 3.8) is 0 Å². The fraction of sp³-hybridized carbons (Fsp3) is 0.688. The average Bonchev–Trinajstić information content (AvgIpc) is 2.93. The lowest BCUT2D eigenvalue weighted by Gasteiger charge is -2.39. The summed E-state index contributed by atoms with van der Waals surface area (Å²) < 4.78 is 26.1. The number of nitrogens with zero attached hydrogens (tertiary/aromatic N) is 4. The third-order valence-electron chi connectivity index (χ3n) is 5.09. The maximum Gasteiger partial charge on any atom is 0.211 e. The van der Waals surface area contributed by atoms with E-state index in [-0.39, 0.29) is 6.04 Å². The summed E-state index contributed by atoms with van der Waals surface area (Å²) in [7, 11) is -1.03. The Bertz CT molecular complexity index is 614. The minimum atomic E-state index is -3.17. The summed E-state index contributed by atoms with van der Waals surface area (Å²) in [5.74, 6) is 0. The van der Waals surface area contributed by atoms with Crippen LogP contribution in [-0.2, 0) is 16.4 Å². The standard InChI is InChI=1S/C16H26N4O2S/c1-18-9-11-19(12-10-18)15-5-8-20(23(2,21)22)16(15)13-14-3-6-17-7-4-14/h3-4,6-7,15-16H,5,8-13H2,1-2H3/t15-,16+/m1/s1. The zero-order valence-corrected chi connectivity index (χ0v) is 14.7. The van der Waals surface area contributed by atoms with Crippen molar-refractivity contribution < 1.29 is 8.42 Å². The fourth-order valence-electron chi connectivity index (χ4n) is 3.80. The Morgan fingerprint density at radius 3 is 2.39 bits per heavy atom. The first kappa shape index (κ1) is 16.8. The molecule has 7 heteroatoms. The van der Waals surface area contributed by atoms with E-state index >= 15 is 0 Å². The van der Waals surface area contributed by atoms with Gasteiger partial charge < -0.3 is 4.90 Å². The molecule has 0 N–H and O–H groups in total. The molecule has 2 fully saturated rings. The lowest BCUT2D eigenvalue weighted by Crippen LogP contribution is -2.54. The monoisotopic (exact) mass is 338 g/mol. The first-order valence-corrected chi connectivity index (χ1v) is 10.1. The summed E-state index contributed by atoms with van der Waals surface area (Å²) in [6.07, 6.45) is 6.57. The van der Waals surface area contributed by atoms with Crippen molar-refractivity contribution in [2.45, 2.75) is 24.9 Å². The number of rotatable bonds is 4. The number of pyridine rings is 1. The van der Waals surface area contributed by atoms with Gasteiger partial charge in [-0.15, -0.1) is 0 Å². The number of hydrogen-bond donors (Lipinski definition) is 0. The van der Waals surface area contributed by atoms with E-state index in [9.17, 15) is 8.42 Å². The highest BCUT2D eigenvalue weighted by Crippen LogP contribution is 2.28. The maximum atomic E-state index is 12.2. The Kier molecular flexibility index (Phi) is 5.01. The normalized spacial score (nSPS) is 28.3. The number of hydrogen-bond acceptors (Lipinski definition) is 5. The molecule has 23 heavy (non-hydrogen) atoms. The van der Waals surface area contributed by atoms with Crippen molar-refractivity contribution in [3.05, 3.63) is 30.1 Å². The van der Waals surface area contributed by atoms with Crippen molar-refractivity contribution in [2.75, 3.05) is 46.0 Å². The summed E-state index contributed by atoms with van der Waals surface area (Å²) in [5.41, 5.74) is 1.15. The van der Waals surface area contributed by atoms with Crippen LogP contribution in [0.4, 0.5) is 0 Å².